The molecule has 108 valence electrons. The maximum absolute atomic E-state index is 12.0. The van der Waals surface area contributed by atoms with Gasteiger partial charge in [-0.2, -0.15) is 12.7 Å². The summed E-state index contributed by atoms with van der Waals surface area (Å²) in [4.78, 5) is 4.33. The predicted molar refractivity (Wildman–Crippen MR) is 77.8 cm³/mol. The molecule has 0 radical (unpaired) electrons. The molecule has 0 bridgehead atoms. The van der Waals surface area contributed by atoms with Crippen LogP contribution < -0.4 is 10.0 Å². The van der Waals surface area contributed by atoms with Crippen LogP contribution in [0.25, 0.3) is 0 Å². The van der Waals surface area contributed by atoms with E-state index in [0.717, 1.165) is 18.7 Å². The van der Waals surface area contributed by atoms with E-state index in [4.69, 9.17) is 0 Å². The maximum atomic E-state index is 12.0. The maximum Gasteiger partial charge on any atom is 0.303 e. The Kier molecular flexibility index (Phi) is 4.77. The highest BCUT2D eigenvalue weighted by Crippen LogP contribution is 2.40. The summed E-state index contributed by atoms with van der Waals surface area (Å²) >= 11 is 1.35. The van der Waals surface area contributed by atoms with Crippen molar-refractivity contribution in [1.29, 1.82) is 0 Å². The quantitative estimate of drug-likeness (QED) is 0.708. The molecule has 1 saturated carbocycles. The van der Waals surface area contributed by atoms with Gasteiger partial charge in [0.2, 0.25) is 0 Å². The summed E-state index contributed by atoms with van der Waals surface area (Å²) in [5.41, 5.74) is 1.01. The Morgan fingerprint density at radius 3 is 2.89 bits per heavy atom. The van der Waals surface area contributed by atoms with Crippen LogP contribution in [0, 0.1) is 0 Å². The van der Waals surface area contributed by atoms with Crippen LogP contribution in [0.4, 0.5) is 5.13 Å². The molecule has 6 nitrogen and oxygen atoms in total. The molecule has 1 fully saturated rings. The first-order valence-electron chi connectivity index (χ1n) is 6.37. The minimum atomic E-state index is -3.48. The van der Waals surface area contributed by atoms with Crippen molar-refractivity contribution in [2.24, 2.45) is 0 Å². The molecule has 0 spiro atoms. The van der Waals surface area contributed by atoms with Gasteiger partial charge in [-0.05, 0) is 32.9 Å². The van der Waals surface area contributed by atoms with Gasteiger partial charge in [0, 0.05) is 24.9 Å². The first kappa shape index (κ1) is 14.7. The third kappa shape index (κ3) is 4.13. The molecule has 0 aromatic carbocycles. The molecule has 0 saturated heterocycles. The summed E-state index contributed by atoms with van der Waals surface area (Å²) in [7, 11) is -0.0566. The van der Waals surface area contributed by atoms with Crippen molar-refractivity contribution in [3.05, 3.63) is 11.1 Å². The molecule has 1 aliphatic carbocycles. The van der Waals surface area contributed by atoms with Crippen molar-refractivity contribution in [1.82, 2.24) is 14.6 Å². The highest BCUT2D eigenvalue weighted by atomic mass is 32.2. The zero-order chi connectivity index (χ0) is 13.9. The highest BCUT2D eigenvalue weighted by molar-refractivity contribution is 7.90. The Bertz CT molecular complexity index is 511. The normalized spacial score (nSPS) is 15.9. The van der Waals surface area contributed by atoms with Crippen LogP contribution in [0.1, 0.15) is 30.9 Å². The lowest BCUT2D eigenvalue weighted by atomic mass is 10.3. The fourth-order valence-electron chi connectivity index (χ4n) is 1.69. The molecule has 0 unspecified atom stereocenters. The Morgan fingerprint density at radius 1 is 1.53 bits per heavy atom. The van der Waals surface area contributed by atoms with E-state index in [2.05, 4.69) is 15.0 Å². The molecule has 0 aliphatic heterocycles. The number of anilines is 1. The van der Waals surface area contributed by atoms with Gasteiger partial charge >= 0.3 is 10.2 Å². The van der Waals surface area contributed by atoms with Crippen LogP contribution in [-0.4, -0.2) is 44.9 Å². The van der Waals surface area contributed by atoms with Gasteiger partial charge in [0.05, 0.1) is 5.69 Å². The predicted octanol–water partition coefficient (Wildman–Crippen LogP) is 1.22. The molecule has 0 atom stereocenters. The Morgan fingerprint density at radius 2 is 2.26 bits per heavy atom. The van der Waals surface area contributed by atoms with E-state index in [-0.39, 0.29) is 0 Å². The third-order valence-electron chi connectivity index (χ3n) is 3.04. The van der Waals surface area contributed by atoms with Crippen molar-refractivity contribution in [3.8, 4) is 0 Å². The Hall–Kier alpha value is -0.700. The molecular formula is C11H20N4O2S2. The van der Waals surface area contributed by atoms with Crippen molar-refractivity contribution < 1.29 is 8.42 Å². The van der Waals surface area contributed by atoms with E-state index in [9.17, 15) is 8.42 Å². The number of rotatable bonds is 8. The van der Waals surface area contributed by atoms with Gasteiger partial charge < -0.3 is 5.32 Å². The van der Waals surface area contributed by atoms with E-state index in [0.29, 0.717) is 17.6 Å². The zero-order valence-electron chi connectivity index (χ0n) is 11.2. The summed E-state index contributed by atoms with van der Waals surface area (Å²) in [6.45, 7) is 1.28. The van der Waals surface area contributed by atoms with Gasteiger partial charge in [-0.3, -0.25) is 0 Å². The van der Waals surface area contributed by atoms with Crippen molar-refractivity contribution >= 4 is 26.7 Å². The summed E-state index contributed by atoms with van der Waals surface area (Å²) in [5, 5.41) is 5.40. The molecule has 1 aromatic heterocycles. The number of aromatic nitrogens is 1. The largest absolute Gasteiger partial charge is 0.320 e. The van der Waals surface area contributed by atoms with Crippen LogP contribution in [-0.2, 0) is 10.2 Å². The first-order chi connectivity index (χ1) is 9.03. The molecule has 0 amide bonds. The van der Waals surface area contributed by atoms with E-state index in [1.54, 1.807) is 7.05 Å². The van der Waals surface area contributed by atoms with Crippen LogP contribution in [0.5, 0.6) is 0 Å². The molecular weight excluding hydrogens is 284 g/mol. The van der Waals surface area contributed by atoms with Crippen LogP contribution in [0.2, 0.25) is 0 Å². The van der Waals surface area contributed by atoms with Gasteiger partial charge in [0.1, 0.15) is 0 Å². The standard InChI is InChI=1S/C11H20N4O2S2/c1-12-6-3-7-15(2)19(16,17)14-11-13-10(8-18-11)9-4-5-9/h8-9,12H,3-7H2,1-2H3,(H,13,14). The average Bonchev–Trinajstić information content (AvgIpc) is 3.11. The van der Waals surface area contributed by atoms with Gasteiger partial charge in [-0.1, -0.05) is 0 Å². The summed E-state index contributed by atoms with van der Waals surface area (Å²) < 4.78 is 28.0. The Labute approximate surface area is 118 Å². The van der Waals surface area contributed by atoms with E-state index < -0.39 is 10.2 Å². The topological polar surface area (TPSA) is 74.3 Å². The van der Waals surface area contributed by atoms with E-state index in [1.807, 2.05) is 12.4 Å². The monoisotopic (exact) mass is 304 g/mol. The number of thiazole rings is 1. The molecule has 1 aromatic rings. The van der Waals surface area contributed by atoms with Crippen LogP contribution >= 0.6 is 11.3 Å². The second-order valence-electron chi connectivity index (χ2n) is 4.74. The van der Waals surface area contributed by atoms with Crippen molar-refractivity contribution in [3.63, 3.8) is 0 Å². The number of hydrogen-bond donors (Lipinski definition) is 2. The minimum Gasteiger partial charge on any atom is -0.320 e. The third-order valence-corrected chi connectivity index (χ3v) is 5.40. The fourth-order valence-corrected chi connectivity index (χ4v) is 3.62. The lowest BCUT2D eigenvalue weighted by Crippen LogP contribution is -2.34. The first-order valence-corrected chi connectivity index (χ1v) is 8.69. The van der Waals surface area contributed by atoms with Crippen LogP contribution in [0.15, 0.2) is 5.38 Å². The zero-order valence-corrected chi connectivity index (χ0v) is 12.9. The van der Waals surface area contributed by atoms with Gasteiger partial charge in [0.25, 0.3) is 0 Å². The lowest BCUT2D eigenvalue weighted by Gasteiger charge is -2.16. The number of nitrogens with zero attached hydrogens (tertiary/aromatic N) is 2. The molecule has 2 N–H and O–H groups in total. The van der Waals surface area contributed by atoms with Crippen molar-refractivity contribution in [2.45, 2.75) is 25.2 Å². The smallest absolute Gasteiger partial charge is 0.303 e. The average molecular weight is 304 g/mol. The van der Waals surface area contributed by atoms with E-state index >= 15 is 0 Å². The highest BCUT2D eigenvalue weighted by Gasteiger charge is 2.27. The number of nitrogens with one attached hydrogen (secondary N) is 2. The SMILES string of the molecule is CNCCCN(C)S(=O)(=O)Nc1nc(C2CC2)cs1. The molecule has 2 rings (SSSR count). The van der Waals surface area contributed by atoms with Crippen molar-refractivity contribution in [2.75, 3.05) is 31.9 Å². The second-order valence-corrected chi connectivity index (χ2v) is 7.37. The summed E-state index contributed by atoms with van der Waals surface area (Å²) in [6.07, 6.45) is 3.11. The lowest BCUT2D eigenvalue weighted by molar-refractivity contribution is 0.462. The van der Waals surface area contributed by atoms with E-state index in [1.165, 1.54) is 28.5 Å². The second kappa shape index (κ2) is 6.17. The fraction of sp³-hybridized carbons (Fsp3) is 0.727. The number of hydrogen-bond acceptors (Lipinski definition) is 5. The summed E-state index contributed by atoms with van der Waals surface area (Å²) in [5.74, 6) is 0.544. The minimum absolute atomic E-state index is 0.461. The molecule has 8 heteroatoms. The van der Waals surface area contributed by atoms with Gasteiger partial charge in [-0.25, -0.2) is 9.71 Å². The molecule has 19 heavy (non-hydrogen) atoms. The molecule has 1 aliphatic rings. The summed E-state index contributed by atoms with van der Waals surface area (Å²) in [6, 6.07) is 0. The van der Waals surface area contributed by atoms with Gasteiger partial charge in [-0.15, -0.1) is 11.3 Å². The molecule has 1 heterocycles. The Balaban J connectivity index is 1.91. The van der Waals surface area contributed by atoms with Gasteiger partial charge in [0.15, 0.2) is 5.13 Å². The van der Waals surface area contributed by atoms with Crippen LogP contribution in [0.3, 0.4) is 0 Å².